The SMILES string of the molecule is O=C(O)C1CC2(CCC2)c2cc(F)ccc21. The van der Waals surface area contributed by atoms with Gasteiger partial charge in [-0.15, -0.1) is 0 Å². The maximum atomic E-state index is 13.2. The minimum Gasteiger partial charge on any atom is -0.481 e. The Kier molecular flexibility index (Phi) is 1.88. The van der Waals surface area contributed by atoms with Gasteiger partial charge < -0.3 is 5.11 Å². The first kappa shape index (κ1) is 9.82. The number of rotatable bonds is 1. The van der Waals surface area contributed by atoms with Gasteiger partial charge in [0.15, 0.2) is 0 Å². The summed E-state index contributed by atoms with van der Waals surface area (Å²) in [5.41, 5.74) is 1.75. The van der Waals surface area contributed by atoms with Gasteiger partial charge in [0.1, 0.15) is 5.82 Å². The van der Waals surface area contributed by atoms with Crippen LogP contribution in [0.2, 0.25) is 0 Å². The molecule has 84 valence electrons. The van der Waals surface area contributed by atoms with Gasteiger partial charge in [0.05, 0.1) is 5.92 Å². The average molecular weight is 220 g/mol. The molecule has 1 saturated carbocycles. The summed E-state index contributed by atoms with van der Waals surface area (Å²) in [5, 5.41) is 9.19. The first-order chi connectivity index (χ1) is 7.62. The van der Waals surface area contributed by atoms with Gasteiger partial charge in [0, 0.05) is 0 Å². The highest BCUT2D eigenvalue weighted by Crippen LogP contribution is 2.56. The summed E-state index contributed by atoms with van der Waals surface area (Å²) in [4.78, 5) is 11.2. The van der Waals surface area contributed by atoms with Crippen LogP contribution in [0, 0.1) is 5.82 Å². The quantitative estimate of drug-likeness (QED) is 0.790. The van der Waals surface area contributed by atoms with Crippen molar-refractivity contribution in [2.24, 2.45) is 0 Å². The molecule has 2 aliphatic rings. The molecule has 1 N–H and O–H groups in total. The van der Waals surface area contributed by atoms with E-state index in [0.717, 1.165) is 30.4 Å². The summed E-state index contributed by atoms with van der Waals surface area (Å²) in [6.45, 7) is 0. The number of benzene rings is 1. The smallest absolute Gasteiger partial charge is 0.311 e. The van der Waals surface area contributed by atoms with Gasteiger partial charge in [0.25, 0.3) is 0 Å². The second-order valence-corrected chi connectivity index (χ2v) is 4.96. The normalized spacial score (nSPS) is 25.2. The van der Waals surface area contributed by atoms with Crippen molar-refractivity contribution in [3.05, 3.63) is 35.1 Å². The van der Waals surface area contributed by atoms with E-state index in [1.165, 1.54) is 12.1 Å². The lowest BCUT2D eigenvalue weighted by Crippen LogP contribution is -2.32. The Balaban J connectivity index is 2.14. The monoisotopic (exact) mass is 220 g/mol. The van der Waals surface area contributed by atoms with Gasteiger partial charge in [0.2, 0.25) is 0 Å². The van der Waals surface area contributed by atoms with Crippen molar-refractivity contribution in [3.8, 4) is 0 Å². The van der Waals surface area contributed by atoms with Gasteiger partial charge in [-0.05, 0) is 47.9 Å². The van der Waals surface area contributed by atoms with Crippen LogP contribution in [-0.4, -0.2) is 11.1 Å². The molecule has 1 atom stereocenters. The zero-order valence-corrected chi connectivity index (χ0v) is 8.87. The maximum Gasteiger partial charge on any atom is 0.311 e. The van der Waals surface area contributed by atoms with Crippen molar-refractivity contribution in [2.45, 2.75) is 37.0 Å². The molecule has 0 aliphatic heterocycles. The van der Waals surface area contributed by atoms with Gasteiger partial charge in [-0.2, -0.15) is 0 Å². The van der Waals surface area contributed by atoms with Crippen molar-refractivity contribution < 1.29 is 14.3 Å². The zero-order chi connectivity index (χ0) is 11.3. The lowest BCUT2D eigenvalue weighted by molar-refractivity contribution is -0.139. The van der Waals surface area contributed by atoms with E-state index in [2.05, 4.69) is 0 Å². The molecule has 0 radical (unpaired) electrons. The predicted molar refractivity (Wildman–Crippen MR) is 56.9 cm³/mol. The number of hydrogen-bond donors (Lipinski definition) is 1. The van der Waals surface area contributed by atoms with E-state index in [-0.39, 0.29) is 11.2 Å². The summed E-state index contributed by atoms with van der Waals surface area (Å²) in [7, 11) is 0. The topological polar surface area (TPSA) is 37.3 Å². The summed E-state index contributed by atoms with van der Waals surface area (Å²) >= 11 is 0. The Hall–Kier alpha value is -1.38. The molecule has 0 saturated heterocycles. The number of aliphatic carboxylic acids is 1. The molecule has 0 amide bonds. The molecule has 1 aromatic carbocycles. The lowest BCUT2D eigenvalue weighted by Gasteiger charge is -2.39. The molecule has 2 nitrogen and oxygen atoms in total. The number of carboxylic acid groups (broad SMARTS) is 1. The van der Waals surface area contributed by atoms with Gasteiger partial charge in [-0.3, -0.25) is 4.79 Å². The van der Waals surface area contributed by atoms with Gasteiger partial charge in [-0.1, -0.05) is 12.5 Å². The minimum atomic E-state index is -0.781. The molecule has 1 fully saturated rings. The molecule has 2 aliphatic carbocycles. The largest absolute Gasteiger partial charge is 0.481 e. The summed E-state index contributed by atoms with van der Waals surface area (Å²) in [5.74, 6) is -1.47. The zero-order valence-electron chi connectivity index (χ0n) is 8.87. The second kappa shape index (κ2) is 3.06. The van der Waals surface area contributed by atoms with E-state index < -0.39 is 11.9 Å². The van der Waals surface area contributed by atoms with Crippen molar-refractivity contribution in [3.63, 3.8) is 0 Å². The van der Waals surface area contributed by atoms with Gasteiger partial charge >= 0.3 is 5.97 Å². The van der Waals surface area contributed by atoms with Crippen LogP contribution < -0.4 is 0 Å². The fraction of sp³-hybridized carbons (Fsp3) is 0.462. The van der Waals surface area contributed by atoms with E-state index in [9.17, 15) is 14.3 Å². The molecular formula is C13H13FO2. The highest BCUT2D eigenvalue weighted by molar-refractivity contribution is 5.79. The van der Waals surface area contributed by atoms with Crippen molar-refractivity contribution in [1.29, 1.82) is 0 Å². The van der Waals surface area contributed by atoms with Crippen LogP contribution in [0.25, 0.3) is 0 Å². The van der Waals surface area contributed by atoms with E-state index in [4.69, 9.17) is 0 Å². The van der Waals surface area contributed by atoms with Crippen LogP contribution >= 0.6 is 0 Å². The van der Waals surface area contributed by atoms with Crippen molar-refractivity contribution in [1.82, 2.24) is 0 Å². The van der Waals surface area contributed by atoms with Gasteiger partial charge in [-0.25, -0.2) is 4.39 Å². The number of carbonyl (C=O) groups is 1. The Morgan fingerprint density at radius 2 is 2.19 bits per heavy atom. The fourth-order valence-electron chi connectivity index (χ4n) is 3.20. The minimum absolute atomic E-state index is 0.0273. The third kappa shape index (κ3) is 1.14. The Morgan fingerprint density at radius 3 is 2.75 bits per heavy atom. The number of fused-ring (bicyclic) bond motifs is 2. The standard InChI is InChI=1S/C13H13FO2/c14-8-2-3-9-10(12(15)16)7-13(4-1-5-13)11(9)6-8/h2-3,6,10H,1,4-5,7H2,(H,15,16). The highest BCUT2D eigenvalue weighted by Gasteiger charge is 2.49. The van der Waals surface area contributed by atoms with Crippen LogP contribution in [0.4, 0.5) is 4.39 Å². The van der Waals surface area contributed by atoms with Crippen LogP contribution in [0.1, 0.15) is 42.7 Å². The third-order valence-electron chi connectivity index (χ3n) is 4.17. The molecule has 3 rings (SSSR count). The molecule has 1 unspecified atom stereocenters. The number of hydrogen-bond acceptors (Lipinski definition) is 1. The van der Waals surface area contributed by atoms with E-state index in [0.29, 0.717) is 6.42 Å². The number of carboxylic acids is 1. The third-order valence-corrected chi connectivity index (χ3v) is 4.17. The lowest BCUT2D eigenvalue weighted by atomic mass is 9.65. The van der Waals surface area contributed by atoms with Crippen molar-refractivity contribution in [2.75, 3.05) is 0 Å². The Labute approximate surface area is 93.1 Å². The molecular weight excluding hydrogens is 207 g/mol. The van der Waals surface area contributed by atoms with Crippen LogP contribution in [-0.2, 0) is 10.2 Å². The molecule has 3 heteroatoms. The number of halogens is 1. The Morgan fingerprint density at radius 1 is 1.44 bits per heavy atom. The van der Waals surface area contributed by atoms with E-state index in [1.54, 1.807) is 6.07 Å². The fourth-order valence-corrected chi connectivity index (χ4v) is 3.20. The summed E-state index contributed by atoms with van der Waals surface area (Å²) in [6.07, 6.45) is 3.80. The van der Waals surface area contributed by atoms with Crippen molar-refractivity contribution >= 4 is 5.97 Å². The van der Waals surface area contributed by atoms with E-state index in [1.807, 2.05) is 0 Å². The summed E-state index contributed by atoms with van der Waals surface area (Å²) in [6, 6.07) is 4.56. The predicted octanol–water partition coefficient (Wildman–Crippen LogP) is 2.82. The molecule has 0 bridgehead atoms. The summed E-state index contributed by atoms with van der Waals surface area (Å²) < 4.78 is 13.2. The molecule has 16 heavy (non-hydrogen) atoms. The molecule has 0 heterocycles. The molecule has 0 aromatic heterocycles. The molecule has 1 spiro atoms. The average Bonchev–Trinajstić information content (AvgIpc) is 2.51. The van der Waals surface area contributed by atoms with Crippen LogP contribution in [0.5, 0.6) is 0 Å². The first-order valence-electron chi connectivity index (χ1n) is 5.65. The highest BCUT2D eigenvalue weighted by atomic mass is 19.1. The van der Waals surface area contributed by atoms with Crippen LogP contribution in [0.15, 0.2) is 18.2 Å². The maximum absolute atomic E-state index is 13.2. The molecule has 1 aromatic rings. The van der Waals surface area contributed by atoms with Crippen LogP contribution in [0.3, 0.4) is 0 Å². The Bertz CT molecular complexity index is 463. The van der Waals surface area contributed by atoms with E-state index >= 15 is 0 Å². The second-order valence-electron chi connectivity index (χ2n) is 4.96. The first-order valence-corrected chi connectivity index (χ1v) is 5.65.